The molecule has 176 valence electrons. The van der Waals surface area contributed by atoms with Crippen LogP contribution >= 0.6 is 0 Å². The number of hydrogen-bond acceptors (Lipinski definition) is 7. The third-order valence-corrected chi connectivity index (χ3v) is 5.54. The minimum Gasteiger partial charge on any atom is -0.453 e. The summed E-state index contributed by atoms with van der Waals surface area (Å²) in [5.41, 5.74) is 1.55. The molecule has 3 aromatic carbocycles. The number of rotatable bonds is 7. The topological polar surface area (TPSA) is 91.3 Å². The normalized spacial score (nSPS) is 24.2. The SMILES string of the molecule is C[C@H]1O[C@H](O)[C@@H](OC(=O)c2ccccc2)[C@@H](OCc2ccccc2)[C@@H]1OC(=O)c1ccccc1. The highest BCUT2D eigenvalue weighted by molar-refractivity contribution is 5.90. The number of carbonyl (C=O) groups excluding carboxylic acids is 2. The Hall–Kier alpha value is -3.52. The fraction of sp³-hybridized carbons (Fsp3) is 0.259. The van der Waals surface area contributed by atoms with E-state index in [9.17, 15) is 14.7 Å². The molecule has 0 saturated carbocycles. The molecule has 1 N–H and O–H groups in total. The summed E-state index contributed by atoms with van der Waals surface area (Å²) in [5, 5.41) is 10.7. The van der Waals surface area contributed by atoms with Gasteiger partial charge in [0.15, 0.2) is 18.5 Å². The zero-order valence-corrected chi connectivity index (χ0v) is 18.7. The molecule has 5 atom stereocenters. The Kier molecular flexibility index (Phi) is 7.69. The summed E-state index contributed by atoms with van der Waals surface area (Å²) in [6.45, 7) is 1.82. The Balaban J connectivity index is 1.59. The molecular weight excluding hydrogens is 436 g/mol. The summed E-state index contributed by atoms with van der Waals surface area (Å²) < 4.78 is 23.1. The molecule has 0 radical (unpaired) electrons. The predicted octanol–water partition coefficient (Wildman–Crippen LogP) is 3.76. The van der Waals surface area contributed by atoms with E-state index in [2.05, 4.69) is 0 Å². The van der Waals surface area contributed by atoms with Crippen LogP contribution in [0.4, 0.5) is 0 Å². The fourth-order valence-corrected chi connectivity index (χ4v) is 3.77. The van der Waals surface area contributed by atoms with E-state index in [1.54, 1.807) is 67.6 Å². The van der Waals surface area contributed by atoms with Gasteiger partial charge < -0.3 is 24.1 Å². The number of esters is 2. The van der Waals surface area contributed by atoms with Crippen molar-refractivity contribution in [2.24, 2.45) is 0 Å². The highest BCUT2D eigenvalue weighted by Crippen LogP contribution is 2.29. The smallest absolute Gasteiger partial charge is 0.338 e. The van der Waals surface area contributed by atoms with Gasteiger partial charge in [0, 0.05) is 0 Å². The highest BCUT2D eigenvalue weighted by atomic mass is 16.7. The van der Waals surface area contributed by atoms with Crippen molar-refractivity contribution in [2.45, 2.75) is 44.2 Å². The average molecular weight is 462 g/mol. The first kappa shape index (κ1) is 23.6. The minimum absolute atomic E-state index is 0.156. The molecule has 4 rings (SSSR count). The molecule has 0 spiro atoms. The summed E-state index contributed by atoms with van der Waals surface area (Å²) in [6, 6.07) is 26.3. The van der Waals surface area contributed by atoms with Gasteiger partial charge in [-0.05, 0) is 36.8 Å². The van der Waals surface area contributed by atoms with Gasteiger partial charge in [0.25, 0.3) is 0 Å². The summed E-state index contributed by atoms with van der Waals surface area (Å²) in [6.07, 6.45) is -5.31. The zero-order valence-electron chi connectivity index (χ0n) is 18.7. The lowest BCUT2D eigenvalue weighted by atomic mass is 9.98. The number of carbonyl (C=O) groups is 2. The molecule has 3 aromatic rings. The standard InChI is InChI=1S/C27H26O7/c1-18-22(33-25(28)20-13-7-3-8-14-20)23(31-17-19-11-5-2-6-12-19)24(27(30)32-18)34-26(29)21-15-9-4-10-16-21/h2-16,18,22-24,27,30H,17H2,1H3/t18-,22-,23+,24+,27+/m1/s1. The monoisotopic (exact) mass is 462 g/mol. The van der Waals surface area contributed by atoms with Crippen LogP contribution in [0.3, 0.4) is 0 Å². The summed E-state index contributed by atoms with van der Waals surface area (Å²) in [4.78, 5) is 25.6. The molecule has 1 saturated heterocycles. The second-order valence-electron chi connectivity index (χ2n) is 7.96. The van der Waals surface area contributed by atoms with Crippen LogP contribution in [-0.4, -0.2) is 47.8 Å². The maximum absolute atomic E-state index is 12.8. The molecule has 1 fully saturated rings. The number of ether oxygens (including phenoxy) is 4. The van der Waals surface area contributed by atoms with E-state index >= 15 is 0 Å². The Morgan fingerprint density at radius 1 is 0.735 bits per heavy atom. The molecule has 0 unspecified atom stereocenters. The largest absolute Gasteiger partial charge is 0.453 e. The Morgan fingerprint density at radius 2 is 1.21 bits per heavy atom. The van der Waals surface area contributed by atoms with Gasteiger partial charge in [-0.1, -0.05) is 66.7 Å². The quantitative estimate of drug-likeness (QED) is 0.535. The van der Waals surface area contributed by atoms with E-state index in [0.29, 0.717) is 11.1 Å². The minimum atomic E-state index is -1.46. The molecule has 1 aliphatic heterocycles. The van der Waals surface area contributed by atoms with Crippen LogP contribution in [0.25, 0.3) is 0 Å². The van der Waals surface area contributed by atoms with Gasteiger partial charge in [0.05, 0.1) is 23.8 Å². The number of benzene rings is 3. The van der Waals surface area contributed by atoms with Gasteiger partial charge >= 0.3 is 11.9 Å². The van der Waals surface area contributed by atoms with Crippen LogP contribution in [0.15, 0.2) is 91.0 Å². The van der Waals surface area contributed by atoms with Crippen LogP contribution in [-0.2, 0) is 25.6 Å². The van der Waals surface area contributed by atoms with Gasteiger partial charge in [0.2, 0.25) is 0 Å². The number of hydrogen-bond donors (Lipinski definition) is 1. The third kappa shape index (κ3) is 5.69. The Labute approximate surface area is 197 Å². The first-order valence-electron chi connectivity index (χ1n) is 11.0. The van der Waals surface area contributed by atoms with Gasteiger partial charge in [0.1, 0.15) is 6.10 Å². The lowest BCUT2D eigenvalue weighted by Gasteiger charge is -2.42. The summed E-state index contributed by atoms with van der Waals surface area (Å²) >= 11 is 0. The van der Waals surface area contributed by atoms with E-state index in [4.69, 9.17) is 18.9 Å². The molecule has 0 amide bonds. The van der Waals surface area contributed by atoms with Crippen molar-refractivity contribution in [1.29, 1.82) is 0 Å². The summed E-state index contributed by atoms with van der Waals surface area (Å²) in [7, 11) is 0. The van der Waals surface area contributed by atoms with Gasteiger partial charge in [-0.15, -0.1) is 0 Å². The maximum atomic E-state index is 12.8. The van der Waals surface area contributed by atoms with Crippen LogP contribution in [0.5, 0.6) is 0 Å². The van der Waals surface area contributed by atoms with Crippen molar-refractivity contribution < 1.29 is 33.6 Å². The Morgan fingerprint density at radius 3 is 1.74 bits per heavy atom. The molecule has 34 heavy (non-hydrogen) atoms. The molecule has 0 aromatic heterocycles. The van der Waals surface area contributed by atoms with Gasteiger partial charge in [-0.2, -0.15) is 0 Å². The maximum Gasteiger partial charge on any atom is 0.338 e. The Bertz CT molecular complexity index is 1010. The molecule has 1 heterocycles. The third-order valence-electron chi connectivity index (χ3n) is 5.54. The van der Waals surface area contributed by atoms with Crippen LogP contribution in [0, 0.1) is 0 Å². The number of aliphatic hydroxyl groups excluding tert-OH is 1. The second kappa shape index (κ2) is 11.1. The number of aliphatic hydroxyl groups is 1. The molecule has 7 nitrogen and oxygen atoms in total. The lowest BCUT2D eigenvalue weighted by Crippen LogP contribution is -2.60. The molecule has 7 heteroatoms. The van der Waals surface area contributed by atoms with Crippen molar-refractivity contribution in [3.63, 3.8) is 0 Å². The van der Waals surface area contributed by atoms with Crippen molar-refractivity contribution >= 4 is 11.9 Å². The van der Waals surface area contributed by atoms with E-state index in [-0.39, 0.29) is 6.61 Å². The van der Waals surface area contributed by atoms with E-state index in [0.717, 1.165) is 5.56 Å². The summed E-state index contributed by atoms with van der Waals surface area (Å²) in [5.74, 6) is -1.22. The second-order valence-corrected chi connectivity index (χ2v) is 7.96. The molecular formula is C27H26O7. The van der Waals surface area contributed by atoms with E-state index < -0.39 is 42.6 Å². The van der Waals surface area contributed by atoms with E-state index in [1.807, 2.05) is 30.3 Å². The van der Waals surface area contributed by atoms with Gasteiger partial charge in [-0.3, -0.25) is 0 Å². The zero-order chi connectivity index (χ0) is 23.9. The average Bonchev–Trinajstić information content (AvgIpc) is 2.87. The van der Waals surface area contributed by atoms with Crippen LogP contribution < -0.4 is 0 Å². The lowest BCUT2D eigenvalue weighted by molar-refractivity contribution is -0.286. The van der Waals surface area contributed by atoms with Crippen molar-refractivity contribution in [1.82, 2.24) is 0 Å². The highest BCUT2D eigenvalue weighted by Gasteiger charge is 2.49. The molecule has 1 aliphatic rings. The first-order valence-corrected chi connectivity index (χ1v) is 11.0. The molecule has 0 aliphatic carbocycles. The van der Waals surface area contributed by atoms with E-state index in [1.165, 1.54) is 0 Å². The van der Waals surface area contributed by atoms with Crippen molar-refractivity contribution in [3.05, 3.63) is 108 Å². The predicted molar refractivity (Wildman–Crippen MR) is 123 cm³/mol. The fourth-order valence-electron chi connectivity index (χ4n) is 3.77. The first-order chi connectivity index (χ1) is 16.5. The van der Waals surface area contributed by atoms with Crippen LogP contribution in [0.2, 0.25) is 0 Å². The molecule has 0 bridgehead atoms. The van der Waals surface area contributed by atoms with Crippen LogP contribution in [0.1, 0.15) is 33.2 Å². The van der Waals surface area contributed by atoms with Crippen molar-refractivity contribution in [2.75, 3.05) is 0 Å². The van der Waals surface area contributed by atoms with Gasteiger partial charge in [-0.25, -0.2) is 9.59 Å². The van der Waals surface area contributed by atoms with Crippen molar-refractivity contribution in [3.8, 4) is 0 Å².